The molecule has 30 heavy (non-hydrogen) atoms. The molecule has 2 aliphatic heterocycles. The van der Waals surface area contributed by atoms with Crippen LogP contribution < -0.4 is 15.7 Å². The molecule has 7 heteroatoms. The van der Waals surface area contributed by atoms with Gasteiger partial charge in [0.2, 0.25) is 5.88 Å². The maximum atomic E-state index is 13.3. The molecule has 1 fully saturated rings. The number of imidazole rings is 1. The number of nitrogens with one attached hydrogen (secondary N) is 1. The molecule has 0 saturated carbocycles. The van der Waals surface area contributed by atoms with Gasteiger partial charge in [0.15, 0.2) is 0 Å². The van der Waals surface area contributed by atoms with Gasteiger partial charge in [0.05, 0.1) is 35.8 Å². The van der Waals surface area contributed by atoms with Gasteiger partial charge in [0, 0.05) is 25.4 Å². The number of aliphatic imine (C=N–C) groups is 1. The van der Waals surface area contributed by atoms with Crippen LogP contribution in [0.15, 0.2) is 46.0 Å². The van der Waals surface area contributed by atoms with Crippen molar-refractivity contribution in [3.8, 4) is 5.88 Å². The Hall–Kier alpha value is -2.93. The molecule has 156 valence electrons. The van der Waals surface area contributed by atoms with Gasteiger partial charge in [0.25, 0.3) is 0 Å². The molecule has 7 nitrogen and oxygen atoms in total. The zero-order chi connectivity index (χ0) is 20.9. The molecule has 0 amide bonds. The molecule has 0 radical (unpaired) electrons. The van der Waals surface area contributed by atoms with E-state index in [1.165, 1.54) is 5.57 Å². The molecule has 0 spiro atoms. The summed E-state index contributed by atoms with van der Waals surface area (Å²) in [6.07, 6.45) is 10.6. The van der Waals surface area contributed by atoms with Gasteiger partial charge in [-0.1, -0.05) is 6.08 Å². The molecule has 1 aliphatic carbocycles. The fraction of sp³-hybridized carbons (Fsp3) is 0.435. The molecular formula is C23H27N5O2. The summed E-state index contributed by atoms with van der Waals surface area (Å²) in [4.78, 5) is 22.4. The Morgan fingerprint density at radius 2 is 2.03 bits per heavy atom. The van der Waals surface area contributed by atoms with Gasteiger partial charge < -0.3 is 10.1 Å². The van der Waals surface area contributed by atoms with Gasteiger partial charge in [-0.2, -0.15) is 0 Å². The van der Waals surface area contributed by atoms with Crippen LogP contribution >= 0.6 is 0 Å². The van der Waals surface area contributed by atoms with Crippen LogP contribution in [0.25, 0.3) is 5.57 Å². The van der Waals surface area contributed by atoms with Crippen LogP contribution in [0.4, 0.5) is 0 Å². The minimum atomic E-state index is -0.362. The van der Waals surface area contributed by atoms with E-state index in [1.807, 2.05) is 31.6 Å². The van der Waals surface area contributed by atoms with E-state index >= 15 is 0 Å². The van der Waals surface area contributed by atoms with Crippen molar-refractivity contribution in [1.29, 1.82) is 0 Å². The minimum Gasteiger partial charge on any atom is -0.481 e. The summed E-state index contributed by atoms with van der Waals surface area (Å²) < 4.78 is 9.02. The molecule has 2 aromatic rings. The summed E-state index contributed by atoms with van der Waals surface area (Å²) in [6.45, 7) is 4.10. The van der Waals surface area contributed by atoms with Crippen molar-refractivity contribution in [2.45, 2.75) is 37.6 Å². The molecule has 0 bridgehead atoms. The lowest BCUT2D eigenvalue weighted by molar-refractivity contribution is 0.337. The van der Waals surface area contributed by atoms with Crippen molar-refractivity contribution in [1.82, 2.24) is 19.4 Å². The fourth-order valence-electron chi connectivity index (χ4n) is 5.05. The predicted molar refractivity (Wildman–Crippen MR) is 117 cm³/mol. The minimum absolute atomic E-state index is 0.0584. The molecule has 4 heterocycles. The Balaban J connectivity index is 1.62. The summed E-state index contributed by atoms with van der Waals surface area (Å²) in [6, 6.07) is 4.14. The van der Waals surface area contributed by atoms with Crippen molar-refractivity contribution in [2.24, 2.45) is 12.0 Å². The smallest absolute Gasteiger partial charge is 0.328 e. The lowest BCUT2D eigenvalue weighted by Crippen LogP contribution is -2.39. The number of allylic oxidation sites excluding steroid dienone is 4. The lowest BCUT2D eigenvalue weighted by atomic mass is 9.71. The maximum Gasteiger partial charge on any atom is 0.328 e. The average Bonchev–Trinajstić information content (AvgIpc) is 3.05. The average molecular weight is 406 g/mol. The normalized spacial score (nSPS) is 23.4. The number of rotatable bonds is 3. The number of aromatic nitrogens is 3. The molecule has 1 atom stereocenters. The van der Waals surface area contributed by atoms with E-state index in [4.69, 9.17) is 9.73 Å². The van der Waals surface area contributed by atoms with Crippen molar-refractivity contribution in [3.63, 3.8) is 0 Å². The van der Waals surface area contributed by atoms with Gasteiger partial charge in [-0.15, -0.1) is 0 Å². The zero-order valence-electron chi connectivity index (χ0n) is 17.7. The SMILES string of the molecule is COc1ccc(C2=CC=C3N=Cc4c(n(C5CCNCC5)c(=O)n4C)C3(C)C2)cn1. The molecular weight excluding hydrogens is 378 g/mol. The van der Waals surface area contributed by atoms with E-state index in [2.05, 4.69) is 33.9 Å². The molecule has 1 saturated heterocycles. The Bertz CT molecular complexity index is 1130. The van der Waals surface area contributed by atoms with Crippen LogP contribution in [0, 0.1) is 0 Å². The fourth-order valence-corrected chi connectivity index (χ4v) is 5.05. The lowest BCUT2D eigenvalue weighted by Gasteiger charge is -2.38. The van der Waals surface area contributed by atoms with Crippen molar-refractivity contribution in [2.75, 3.05) is 20.2 Å². The largest absolute Gasteiger partial charge is 0.481 e. The van der Waals surface area contributed by atoms with Gasteiger partial charge >= 0.3 is 5.69 Å². The Morgan fingerprint density at radius 3 is 2.73 bits per heavy atom. The summed E-state index contributed by atoms with van der Waals surface area (Å²) in [5.74, 6) is 0.602. The van der Waals surface area contributed by atoms with Crippen molar-refractivity contribution < 1.29 is 4.74 Å². The highest BCUT2D eigenvalue weighted by atomic mass is 16.5. The highest BCUT2D eigenvalue weighted by Crippen LogP contribution is 2.47. The van der Waals surface area contributed by atoms with Crippen LogP contribution in [0.1, 0.15) is 49.2 Å². The topological polar surface area (TPSA) is 73.4 Å². The van der Waals surface area contributed by atoms with E-state index in [1.54, 1.807) is 11.7 Å². The Morgan fingerprint density at radius 1 is 1.23 bits per heavy atom. The van der Waals surface area contributed by atoms with Crippen LogP contribution in [0.5, 0.6) is 5.88 Å². The summed E-state index contributed by atoms with van der Waals surface area (Å²) in [5, 5.41) is 3.41. The predicted octanol–water partition coefficient (Wildman–Crippen LogP) is 2.58. The number of piperidine rings is 1. The number of hydrogen-bond acceptors (Lipinski definition) is 5. The second-order valence-electron chi connectivity index (χ2n) is 8.53. The first-order valence-corrected chi connectivity index (χ1v) is 10.5. The van der Waals surface area contributed by atoms with E-state index in [9.17, 15) is 4.79 Å². The number of nitrogens with zero attached hydrogens (tertiary/aromatic N) is 4. The second-order valence-corrected chi connectivity index (χ2v) is 8.53. The third-order valence-corrected chi connectivity index (χ3v) is 6.73. The van der Waals surface area contributed by atoms with Gasteiger partial charge in [-0.3, -0.25) is 14.1 Å². The Labute approximate surface area is 175 Å². The second kappa shape index (κ2) is 7.09. The number of pyridine rings is 1. The number of ether oxygens (including phenoxy) is 1. The van der Waals surface area contributed by atoms with Crippen molar-refractivity contribution >= 4 is 11.8 Å². The summed E-state index contributed by atoms with van der Waals surface area (Å²) in [5.41, 5.74) is 4.97. The van der Waals surface area contributed by atoms with Crippen LogP contribution in [-0.2, 0) is 12.5 Å². The number of methoxy groups -OCH3 is 1. The quantitative estimate of drug-likeness (QED) is 0.852. The Kier molecular flexibility index (Phi) is 4.50. The molecule has 3 aliphatic rings. The maximum absolute atomic E-state index is 13.3. The first kappa shape index (κ1) is 19.1. The third kappa shape index (κ3) is 2.80. The van der Waals surface area contributed by atoms with Crippen LogP contribution in [-0.4, -0.2) is 40.5 Å². The molecule has 2 aromatic heterocycles. The highest BCUT2D eigenvalue weighted by Gasteiger charge is 2.43. The number of hydrogen-bond donors (Lipinski definition) is 1. The standard InChI is InChI=1S/C23H27N5O2/c1-23-12-15(16-5-7-20(30-3)26-13-16)4-6-19(23)25-14-18-21(23)28(22(29)27(18)2)17-8-10-24-11-9-17/h4-7,13-14,17,24H,8-12H2,1-3H3. The molecule has 1 N–H and O–H groups in total. The highest BCUT2D eigenvalue weighted by molar-refractivity contribution is 5.85. The van der Waals surface area contributed by atoms with Crippen LogP contribution in [0.3, 0.4) is 0 Å². The molecule has 5 rings (SSSR count). The van der Waals surface area contributed by atoms with Gasteiger partial charge in [0.1, 0.15) is 0 Å². The van der Waals surface area contributed by atoms with Gasteiger partial charge in [-0.25, -0.2) is 9.78 Å². The van der Waals surface area contributed by atoms with E-state index in [-0.39, 0.29) is 17.1 Å². The summed E-state index contributed by atoms with van der Waals surface area (Å²) >= 11 is 0. The molecule has 1 unspecified atom stereocenters. The first-order chi connectivity index (χ1) is 14.5. The van der Waals surface area contributed by atoms with Crippen molar-refractivity contribution in [3.05, 3.63) is 63.6 Å². The summed E-state index contributed by atoms with van der Waals surface area (Å²) in [7, 11) is 3.48. The molecule has 0 aromatic carbocycles. The van der Waals surface area contributed by atoms with Gasteiger partial charge in [-0.05, 0) is 62.6 Å². The third-order valence-electron chi connectivity index (χ3n) is 6.73. The van der Waals surface area contributed by atoms with Crippen LogP contribution in [0.2, 0.25) is 0 Å². The zero-order valence-corrected chi connectivity index (χ0v) is 17.7. The van der Waals surface area contributed by atoms with E-state index in [0.29, 0.717) is 5.88 Å². The van der Waals surface area contributed by atoms with E-state index in [0.717, 1.165) is 55.0 Å². The first-order valence-electron chi connectivity index (χ1n) is 10.5. The monoisotopic (exact) mass is 405 g/mol. The van der Waals surface area contributed by atoms with E-state index < -0.39 is 0 Å². The number of fused-ring (bicyclic) bond motifs is 3.